The molecule has 100 valence electrons. The Morgan fingerprint density at radius 2 is 1.72 bits per heavy atom. The van der Waals surface area contributed by atoms with Gasteiger partial charge in [0, 0.05) is 5.56 Å². The predicted octanol–water partition coefficient (Wildman–Crippen LogP) is -0.106. The molecule has 1 aromatic rings. The number of carbonyl (C=O) groups is 1. The molecule has 0 atom stereocenters. The summed E-state index contributed by atoms with van der Waals surface area (Å²) in [7, 11) is 0. The fourth-order valence-corrected chi connectivity index (χ4v) is 2.79. The third-order valence-electron chi connectivity index (χ3n) is 4.01. The summed E-state index contributed by atoms with van der Waals surface area (Å²) in [6.45, 7) is 6.33. The Morgan fingerprint density at radius 3 is 2.28 bits per heavy atom. The van der Waals surface area contributed by atoms with Crippen molar-refractivity contribution in [3.05, 3.63) is 35.9 Å². The van der Waals surface area contributed by atoms with Gasteiger partial charge in [0.25, 0.3) is 0 Å². The molecule has 2 nitrogen and oxygen atoms in total. The van der Waals surface area contributed by atoms with E-state index < -0.39 is 0 Å². The van der Waals surface area contributed by atoms with Gasteiger partial charge in [-0.2, -0.15) is 0 Å². The Hall–Kier alpha value is -0.670. The highest BCUT2D eigenvalue weighted by molar-refractivity contribution is 5.96. The topological polar surface area (TPSA) is 17.1 Å². The molecule has 0 aromatic heterocycles. The summed E-state index contributed by atoms with van der Waals surface area (Å²) in [6, 6.07) is 9.71. The van der Waals surface area contributed by atoms with Crippen LogP contribution in [-0.4, -0.2) is 36.4 Å². The minimum Gasteiger partial charge on any atom is -1.00 e. The second-order valence-electron chi connectivity index (χ2n) is 5.11. The van der Waals surface area contributed by atoms with Crippen LogP contribution in [0.25, 0.3) is 0 Å². The standard InChI is InChI=1S/C15H22NO.BrH/c1-2-16(11-7-4-8-12-16)13-15(17)14-9-5-3-6-10-14;/h3,5-6,9-10H,2,4,7-8,11-13H2,1H3;1H/q+1;/p-1. The van der Waals surface area contributed by atoms with Crippen molar-refractivity contribution >= 4 is 5.78 Å². The van der Waals surface area contributed by atoms with E-state index in [0.717, 1.165) is 16.6 Å². The van der Waals surface area contributed by atoms with Gasteiger partial charge in [-0.15, -0.1) is 0 Å². The molecule has 3 heteroatoms. The Labute approximate surface area is 120 Å². The number of rotatable bonds is 4. The number of quaternary nitrogens is 1. The number of hydrogen-bond donors (Lipinski definition) is 0. The van der Waals surface area contributed by atoms with Crippen molar-refractivity contribution < 1.29 is 26.3 Å². The molecule has 1 aliphatic heterocycles. The molecule has 0 aliphatic carbocycles. The fourth-order valence-electron chi connectivity index (χ4n) is 2.79. The molecule has 0 saturated carbocycles. The quantitative estimate of drug-likeness (QED) is 0.560. The van der Waals surface area contributed by atoms with Crippen LogP contribution < -0.4 is 17.0 Å². The zero-order valence-corrected chi connectivity index (χ0v) is 12.7. The van der Waals surface area contributed by atoms with Crippen molar-refractivity contribution in [2.75, 3.05) is 26.2 Å². The molecule has 0 radical (unpaired) electrons. The fraction of sp³-hybridized carbons (Fsp3) is 0.533. The van der Waals surface area contributed by atoms with Crippen molar-refractivity contribution in [1.82, 2.24) is 0 Å². The van der Waals surface area contributed by atoms with E-state index in [1.807, 2.05) is 30.3 Å². The number of carbonyl (C=O) groups excluding carboxylic acids is 1. The summed E-state index contributed by atoms with van der Waals surface area (Å²) in [6.07, 6.45) is 3.88. The van der Waals surface area contributed by atoms with Gasteiger partial charge in [0.1, 0.15) is 6.54 Å². The Balaban J connectivity index is 0.00000162. The maximum Gasteiger partial charge on any atom is 0.216 e. The first-order chi connectivity index (χ1) is 8.26. The average molecular weight is 312 g/mol. The molecule has 1 aliphatic rings. The number of ketones is 1. The monoisotopic (exact) mass is 311 g/mol. The third-order valence-corrected chi connectivity index (χ3v) is 4.01. The first kappa shape index (κ1) is 15.4. The maximum atomic E-state index is 12.3. The van der Waals surface area contributed by atoms with Gasteiger partial charge in [0.15, 0.2) is 0 Å². The van der Waals surface area contributed by atoms with E-state index in [1.165, 1.54) is 32.4 Å². The molecule has 0 unspecified atom stereocenters. The summed E-state index contributed by atoms with van der Waals surface area (Å²) < 4.78 is 0.994. The lowest BCUT2D eigenvalue weighted by atomic mass is 10.0. The number of hydrogen-bond acceptors (Lipinski definition) is 1. The van der Waals surface area contributed by atoms with Crippen LogP contribution in [0.5, 0.6) is 0 Å². The van der Waals surface area contributed by atoms with Crippen LogP contribution in [0.2, 0.25) is 0 Å². The molecule has 1 heterocycles. The second kappa shape index (κ2) is 7.05. The Kier molecular flexibility index (Phi) is 6.03. The largest absolute Gasteiger partial charge is 1.00 e. The number of benzene rings is 1. The normalized spacial score (nSPS) is 17.8. The number of nitrogens with zero attached hydrogens (tertiary/aromatic N) is 1. The van der Waals surface area contributed by atoms with Gasteiger partial charge < -0.3 is 21.5 Å². The SMILES string of the molecule is CC[N+]1(CC(=O)c2ccccc2)CCCCC1.[Br-]. The molecule has 0 N–H and O–H groups in total. The molecule has 1 aromatic carbocycles. The first-order valence-corrected chi connectivity index (χ1v) is 6.69. The van der Waals surface area contributed by atoms with Crippen LogP contribution in [0.15, 0.2) is 30.3 Å². The van der Waals surface area contributed by atoms with Crippen LogP contribution in [0.1, 0.15) is 36.5 Å². The van der Waals surface area contributed by atoms with Gasteiger partial charge in [0.2, 0.25) is 5.78 Å². The highest BCUT2D eigenvalue weighted by Gasteiger charge is 2.30. The minimum atomic E-state index is 0. The van der Waals surface area contributed by atoms with Gasteiger partial charge in [-0.3, -0.25) is 4.79 Å². The van der Waals surface area contributed by atoms with Gasteiger partial charge in [0.05, 0.1) is 19.6 Å². The predicted molar refractivity (Wildman–Crippen MR) is 70.0 cm³/mol. The summed E-state index contributed by atoms with van der Waals surface area (Å²) in [4.78, 5) is 12.3. The molecule has 2 rings (SSSR count). The van der Waals surface area contributed by atoms with Crippen molar-refractivity contribution in [3.8, 4) is 0 Å². The van der Waals surface area contributed by atoms with Gasteiger partial charge in [-0.05, 0) is 26.2 Å². The molecule has 0 amide bonds. The van der Waals surface area contributed by atoms with Crippen LogP contribution in [0.3, 0.4) is 0 Å². The van der Waals surface area contributed by atoms with E-state index in [9.17, 15) is 4.79 Å². The highest BCUT2D eigenvalue weighted by Crippen LogP contribution is 2.19. The zero-order valence-electron chi connectivity index (χ0n) is 11.1. The molecule has 18 heavy (non-hydrogen) atoms. The Morgan fingerprint density at radius 1 is 1.11 bits per heavy atom. The van der Waals surface area contributed by atoms with Gasteiger partial charge in [-0.1, -0.05) is 30.3 Å². The molecular formula is C15H22BrNO. The summed E-state index contributed by atoms with van der Waals surface area (Å²) in [5.74, 6) is 0.300. The highest BCUT2D eigenvalue weighted by atomic mass is 79.9. The first-order valence-electron chi connectivity index (χ1n) is 6.69. The van der Waals surface area contributed by atoms with Crippen LogP contribution in [0, 0.1) is 0 Å². The summed E-state index contributed by atoms with van der Waals surface area (Å²) >= 11 is 0. The number of likely N-dealkylation sites (tertiary alicyclic amines) is 1. The Bertz CT molecular complexity index is 371. The maximum absolute atomic E-state index is 12.3. The van der Waals surface area contributed by atoms with Gasteiger partial charge in [-0.25, -0.2) is 0 Å². The lowest BCUT2D eigenvalue weighted by Crippen LogP contribution is -3.00. The molecule has 1 saturated heterocycles. The van der Waals surface area contributed by atoms with E-state index in [4.69, 9.17) is 0 Å². The van der Waals surface area contributed by atoms with Crippen molar-refractivity contribution in [3.63, 3.8) is 0 Å². The van der Waals surface area contributed by atoms with E-state index >= 15 is 0 Å². The molecule has 0 spiro atoms. The summed E-state index contributed by atoms with van der Waals surface area (Å²) in [5, 5.41) is 0. The van der Waals surface area contributed by atoms with E-state index in [1.54, 1.807) is 0 Å². The van der Waals surface area contributed by atoms with Crippen LogP contribution in [-0.2, 0) is 0 Å². The van der Waals surface area contributed by atoms with Crippen molar-refractivity contribution in [2.45, 2.75) is 26.2 Å². The third kappa shape index (κ3) is 3.66. The van der Waals surface area contributed by atoms with Crippen molar-refractivity contribution in [2.24, 2.45) is 0 Å². The van der Waals surface area contributed by atoms with Crippen LogP contribution in [0.4, 0.5) is 0 Å². The molecular weight excluding hydrogens is 290 g/mol. The second-order valence-corrected chi connectivity index (χ2v) is 5.11. The van der Waals surface area contributed by atoms with Gasteiger partial charge >= 0.3 is 0 Å². The number of Topliss-reactive ketones (excluding diaryl/α,β-unsaturated/α-hetero) is 1. The van der Waals surface area contributed by atoms with E-state index in [-0.39, 0.29) is 17.0 Å². The lowest BCUT2D eigenvalue weighted by molar-refractivity contribution is -0.923. The lowest BCUT2D eigenvalue weighted by Gasteiger charge is -2.40. The molecule has 0 bridgehead atoms. The average Bonchev–Trinajstić information content (AvgIpc) is 2.41. The van der Waals surface area contributed by atoms with E-state index in [2.05, 4.69) is 6.92 Å². The van der Waals surface area contributed by atoms with Crippen molar-refractivity contribution in [1.29, 1.82) is 0 Å². The number of piperidine rings is 1. The number of likely N-dealkylation sites (N-methyl/N-ethyl adjacent to an activating group) is 1. The smallest absolute Gasteiger partial charge is 0.216 e. The molecule has 1 fully saturated rings. The number of halogens is 1. The van der Waals surface area contributed by atoms with E-state index in [0.29, 0.717) is 12.3 Å². The zero-order chi connectivity index (χ0) is 12.1. The minimum absolute atomic E-state index is 0. The summed E-state index contributed by atoms with van der Waals surface area (Å²) in [5.41, 5.74) is 0.865. The van der Waals surface area contributed by atoms with Crippen LogP contribution >= 0.6 is 0 Å².